The zero-order chi connectivity index (χ0) is 20.1. The molecule has 0 radical (unpaired) electrons. The van der Waals surface area contributed by atoms with Crippen molar-refractivity contribution in [1.82, 2.24) is 10.6 Å². The fraction of sp³-hybridized carbons (Fsp3) is 0.632. The molecule has 0 bridgehead atoms. The molecule has 0 fully saturated rings. The van der Waals surface area contributed by atoms with E-state index < -0.39 is 6.61 Å². The molecule has 0 aliphatic heterocycles. The lowest BCUT2D eigenvalue weighted by atomic mass is 10.2. The quantitative estimate of drug-likeness (QED) is 0.327. The number of hydrogen-bond acceptors (Lipinski definition) is 4. The van der Waals surface area contributed by atoms with Crippen LogP contribution < -0.4 is 20.1 Å². The van der Waals surface area contributed by atoms with Crippen molar-refractivity contribution >= 4 is 5.96 Å². The Balaban J connectivity index is 2.65. The summed E-state index contributed by atoms with van der Waals surface area (Å²) in [4.78, 5) is 4.45. The van der Waals surface area contributed by atoms with Crippen LogP contribution in [0.25, 0.3) is 0 Å². The van der Waals surface area contributed by atoms with Crippen molar-refractivity contribution in [2.75, 3.05) is 33.4 Å². The Morgan fingerprint density at radius 1 is 1.22 bits per heavy atom. The van der Waals surface area contributed by atoms with Crippen LogP contribution in [0.2, 0.25) is 0 Å². The number of nitrogens with one attached hydrogen (secondary N) is 2. The van der Waals surface area contributed by atoms with Gasteiger partial charge in [0.25, 0.3) is 0 Å². The fourth-order valence-electron chi connectivity index (χ4n) is 2.22. The van der Waals surface area contributed by atoms with E-state index in [1.807, 2.05) is 6.92 Å². The zero-order valence-corrected chi connectivity index (χ0v) is 16.6. The Morgan fingerprint density at radius 2 is 2.00 bits per heavy atom. The molecule has 1 rings (SSSR count). The molecule has 154 valence electrons. The highest BCUT2D eigenvalue weighted by Gasteiger charge is 2.11. The van der Waals surface area contributed by atoms with Crippen LogP contribution in [0.1, 0.15) is 32.8 Å². The van der Waals surface area contributed by atoms with Crippen LogP contribution >= 0.6 is 0 Å². The lowest BCUT2D eigenvalue weighted by Crippen LogP contribution is -2.38. The number of rotatable bonds is 12. The Kier molecular flexibility index (Phi) is 11.2. The first-order chi connectivity index (χ1) is 13.0. The maximum Gasteiger partial charge on any atom is 0.387 e. The van der Waals surface area contributed by atoms with Gasteiger partial charge in [0.15, 0.2) is 5.96 Å². The minimum absolute atomic E-state index is 0.0903. The summed E-state index contributed by atoms with van der Waals surface area (Å²) in [5.74, 6) is 1.77. The van der Waals surface area contributed by atoms with Gasteiger partial charge in [-0.15, -0.1) is 0 Å². The van der Waals surface area contributed by atoms with Crippen LogP contribution in [0.5, 0.6) is 11.5 Å². The van der Waals surface area contributed by atoms with Crippen molar-refractivity contribution in [3.63, 3.8) is 0 Å². The zero-order valence-electron chi connectivity index (χ0n) is 16.6. The second kappa shape index (κ2) is 13.1. The molecule has 1 aromatic carbocycles. The number of nitrogens with zero attached hydrogens (tertiary/aromatic N) is 1. The summed E-state index contributed by atoms with van der Waals surface area (Å²) in [6, 6.07) is 4.68. The molecule has 0 saturated heterocycles. The molecule has 0 saturated carbocycles. The predicted molar refractivity (Wildman–Crippen MR) is 103 cm³/mol. The van der Waals surface area contributed by atoms with Crippen molar-refractivity contribution in [2.24, 2.45) is 10.9 Å². The monoisotopic (exact) mass is 387 g/mol. The van der Waals surface area contributed by atoms with Crippen LogP contribution in [0.3, 0.4) is 0 Å². The average Bonchev–Trinajstić information content (AvgIpc) is 2.62. The smallest absolute Gasteiger partial charge is 0.387 e. The minimum Gasteiger partial charge on any atom is -0.497 e. The molecular weight excluding hydrogens is 356 g/mol. The van der Waals surface area contributed by atoms with Crippen LogP contribution in [0, 0.1) is 5.92 Å². The molecule has 0 unspecified atom stereocenters. The van der Waals surface area contributed by atoms with Gasteiger partial charge in [0.2, 0.25) is 0 Å². The SMILES string of the molecule is CCNC(=NCc1cc(OC)ccc1OC(F)F)NCCCOCC(C)C. The molecule has 0 aliphatic rings. The normalized spacial score (nSPS) is 11.8. The molecule has 0 atom stereocenters. The van der Waals surface area contributed by atoms with E-state index in [2.05, 4.69) is 34.2 Å². The summed E-state index contributed by atoms with van der Waals surface area (Å²) in [5, 5.41) is 6.34. The summed E-state index contributed by atoms with van der Waals surface area (Å²) in [7, 11) is 1.52. The number of guanidine groups is 1. The summed E-state index contributed by atoms with van der Waals surface area (Å²) in [5.41, 5.74) is 0.520. The van der Waals surface area contributed by atoms with E-state index in [0.717, 1.165) is 13.0 Å². The maximum absolute atomic E-state index is 12.6. The third kappa shape index (κ3) is 9.98. The number of ether oxygens (including phenoxy) is 3. The van der Waals surface area contributed by atoms with E-state index in [1.165, 1.54) is 13.2 Å². The van der Waals surface area contributed by atoms with E-state index >= 15 is 0 Å². The molecule has 0 aromatic heterocycles. The van der Waals surface area contributed by atoms with E-state index in [1.54, 1.807) is 12.1 Å². The van der Waals surface area contributed by atoms with Gasteiger partial charge in [-0.2, -0.15) is 8.78 Å². The standard InChI is InChI=1S/C19H31F2N3O3/c1-5-22-19(23-9-6-10-26-13-14(2)3)24-12-15-11-16(25-4)7-8-17(15)27-18(20)21/h7-8,11,14,18H,5-6,9-10,12-13H2,1-4H3,(H2,22,23,24). The van der Waals surface area contributed by atoms with Crippen molar-refractivity contribution in [2.45, 2.75) is 40.3 Å². The largest absolute Gasteiger partial charge is 0.497 e. The number of benzene rings is 1. The Labute approximate surface area is 160 Å². The van der Waals surface area contributed by atoms with Crippen LogP contribution in [-0.2, 0) is 11.3 Å². The van der Waals surface area contributed by atoms with Crippen molar-refractivity contribution < 1.29 is 23.0 Å². The molecule has 2 N–H and O–H groups in total. The highest BCUT2D eigenvalue weighted by molar-refractivity contribution is 5.79. The molecule has 0 spiro atoms. The van der Waals surface area contributed by atoms with Crippen molar-refractivity contribution in [3.8, 4) is 11.5 Å². The van der Waals surface area contributed by atoms with Gasteiger partial charge in [-0.25, -0.2) is 4.99 Å². The second-order valence-corrected chi connectivity index (χ2v) is 6.30. The molecule has 0 amide bonds. The van der Waals surface area contributed by atoms with E-state index in [-0.39, 0.29) is 12.3 Å². The van der Waals surface area contributed by atoms with Crippen LogP contribution in [0.15, 0.2) is 23.2 Å². The molecular formula is C19H31F2N3O3. The van der Waals surface area contributed by atoms with E-state index in [0.29, 0.717) is 42.9 Å². The van der Waals surface area contributed by atoms with Crippen molar-refractivity contribution in [1.29, 1.82) is 0 Å². The molecule has 6 nitrogen and oxygen atoms in total. The van der Waals surface area contributed by atoms with Gasteiger partial charge in [-0.05, 0) is 37.5 Å². The number of hydrogen-bond donors (Lipinski definition) is 2. The number of halogens is 2. The first-order valence-corrected chi connectivity index (χ1v) is 9.17. The van der Waals surface area contributed by atoms with E-state index in [4.69, 9.17) is 9.47 Å². The second-order valence-electron chi connectivity index (χ2n) is 6.30. The highest BCUT2D eigenvalue weighted by Crippen LogP contribution is 2.26. The molecule has 0 heterocycles. The van der Waals surface area contributed by atoms with Crippen molar-refractivity contribution in [3.05, 3.63) is 23.8 Å². The Hall–Kier alpha value is -2.09. The van der Waals surface area contributed by atoms with Gasteiger partial charge in [-0.3, -0.25) is 0 Å². The van der Waals surface area contributed by atoms with Gasteiger partial charge in [0, 0.05) is 31.9 Å². The third-order valence-electron chi connectivity index (χ3n) is 3.44. The lowest BCUT2D eigenvalue weighted by Gasteiger charge is -2.14. The fourth-order valence-corrected chi connectivity index (χ4v) is 2.22. The number of methoxy groups -OCH3 is 1. The summed E-state index contributed by atoms with van der Waals surface area (Å²) < 4.78 is 40.5. The molecule has 8 heteroatoms. The van der Waals surface area contributed by atoms with Gasteiger partial charge in [-0.1, -0.05) is 13.8 Å². The first kappa shape index (κ1) is 23.0. The summed E-state index contributed by atoms with van der Waals surface area (Å²) >= 11 is 0. The lowest BCUT2D eigenvalue weighted by molar-refractivity contribution is -0.0504. The van der Waals surface area contributed by atoms with Crippen LogP contribution in [0.4, 0.5) is 8.78 Å². The molecule has 0 aliphatic carbocycles. The van der Waals surface area contributed by atoms with Gasteiger partial charge >= 0.3 is 6.61 Å². The average molecular weight is 387 g/mol. The maximum atomic E-state index is 12.6. The topological polar surface area (TPSA) is 64.1 Å². The number of aliphatic imine (C=N–C) groups is 1. The third-order valence-corrected chi connectivity index (χ3v) is 3.44. The Bertz CT molecular complexity index is 569. The molecule has 27 heavy (non-hydrogen) atoms. The summed E-state index contributed by atoms with van der Waals surface area (Å²) in [6.07, 6.45) is 0.843. The first-order valence-electron chi connectivity index (χ1n) is 9.17. The van der Waals surface area contributed by atoms with Gasteiger partial charge < -0.3 is 24.8 Å². The summed E-state index contributed by atoms with van der Waals surface area (Å²) in [6.45, 7) is 6.27. The van der Waals surface area contributed by atoms with Crippen LogP contribution in [-0.4, -0.2) is 46.0 Å². The predicted octanol–water partition coefficient (Wildman–Crippen LogP) is 3.41. The van der Waals surface area contributed by atoms with E-state index in [9.17, 15) is 8.78 Å². The highest BCUT2D eigenvalue weighted by atomic mass is 19.3. The van der Waals surface area contributed by atoms with Gasteiger partial charge in [0.1, 0.15) is 11.5 Å². The van der Waals surface area contributed by atoms with Gasteiger partial charge in [0.05, 0.1) is 13.7 Å². The Morgan fingerprint density at radius 3 is 2.63 bits per heavy atom. The minimum atomic E-state index is -2.89. The molecule has 1 aromatic rings. The number of alkyl halides is 2.